The van der Waals surface area contributed by atoms with Crippen LogP contribution in [0.2, 0.25) is 10.0 Å². The molecule has 0 bridgehead atoms. The Morgan fingerprint density at radius 2 is 1.76 bits per heavy atom. The summed E-state index contributed by atoms with van der Waals surface area (Å²) >= 11 is 12.1. The molecule has 2 aromatic carbocycles. The summed E-state index contributed by atoms with van der Waals surface area (Å²) in [7, 11) is 0. The highest BCUT2D eigenvalue weighted by molar-refractivity contribution is 6.32. The van der Waals surface area contributed by atoms with Crippen LogP contribution in [0.15, 0.2) is 36.4 Å². The third-order valence-electron chi connectivity index (χ3n) is 7.31. The van der Waals surface area contributed by atoms with Crippen molar-refractivity contribution in [2.75, 3.05) is 39.4 Å². The number of halogens is 5. The van der Waals surface area contributed by atoms with Crippen molar-refractivity contribution in [3.63, 3.8) is 0 Å². The minimum atomic E-state index is -4.67. The summed E-state index contributed by atoms with van der Waals surface area (Å²) in [5, 5.41) is 10.5. The smallest absolute Gasteiger partial charge is 0.417 e. The summed E-state index contributed by atoms with van der Waals surface area (Å²) in [4.78, 5) is 21.8. The second-order valence-corrected chi connectivity index (χ2v) is 10.5. The van der Waals surface area contributed by atoms with Gasteiger partial charge in [0.1, 0.15) is 0 Å². The van der Waals surface area contributed by atoms with Crippen molar-refractivity contribution in [3.8, 4) is 11.3 Å². The minimum Gasteiger partial charge on any atom is -0.478 e. The lowest BCUT2D eigenvalue weighted by Crippen LogP contribution is -2.48. The van der Waals surface area contributed by atoms with E-state index >= 15 is 0 Å². The third kappa shape index (κ3) is 5.62. The van der Waals surface area contributed by atoms with Crippen LogP contribution in [0.1, 0.15) is 34.3 Å². The van der Waals surface area contributed by atoms with Crippen molar-refractivity contribution in [1.82, 2.24) is 14.8 Å². The predicted molar refractivity (Wildman–Crippen MR) is 140 cm³/mol. The molecule has 2 saturated heterocycles. The van der Waals surface area contributed by atoms with E-state index in [1.165, 1.54) is 18.2 Å². The molecule has 11 heteroatoms. The van der Waals surface area contributed by atoms with E-state index in [0.29, 0.717) is 27.5 Å². The number of pyridine rings is 1. The topological polar surface area (TPSA) is 65.9 Å². The number of nitrogens with zero attached hydrogens (tertiary/aromatic N) is 3. The van der Waals surface area contributed by atoms with Crippen LogP contribution in [0.4, 0.5) is 13.2 Å². The maximum Gasteiger partial charge on any atom is 0.417 e. The zero-order valence-electron chi connectivity index (χ0n) is 20.4. The van der Waals surface area contributed by atoms with Crippen molar-refractivity contribution < 1.29 is 27.8 Å². The number of rotatable bonds is 5. The summed E-state index contributed by atoms with van der Waals surface area (Å²) in [5.41, 5.74) is 0.0247. The highest BCUT2D eigenvalue weighted by Gasteiger charge is 2.34. The highest BCUT2D eigenvalue weighted by atomic mass is 35.5. The Balaban J connectivity index is 1.56. The van der Waals surface area contributed by atoms with Crippen molar-refractivity contribution >= 4 is 40.1 Å². The molecule has 0 saturated carbocycles. The standard InChI is InChI=1S/C27H26Cl2F3N3O3/c28-17-2-4-23-19(14-17)24(26(36)37)20(15-34-7-5-18(6-8-34)35-9-11-38-12-10-35)25(33-23)16-1-3-22(29)21(13-16)27(30,31)32/h1-4,13-14,18H,5-12,15H2,(H,36,37). The minimum absolute atomic E-state index is 0.00804. The van der Waals surface area contributed by atoms with Gasteiger partial charge in [-0.05, 0) is 56.3 Å². The second kappa shape index (κ2) is 11.0. The molecule has 0 amide bonds. The Bertz CT molecular complexity index is 1350. The van der Waals surface area contributed by atoms with Gasteiger partial charge in [0.2, 0.25) is 0 Å². The van der Waals surface area contributed by atoms with Gasteiger partial charge >= 0.3 is 12.1 Å². The molecule has 2 fully saturated rings. The second-order valence-electron chi connectivity index (χ2n) is 9.63. The molecule has 1 aromatic heterocycles. The number of hydrogen-bond acceptors (Lipinski definition) is 5. The quantitative estimate of drug-likeness (QED) is 0.394. The normalized spacial score (nSPS) is 18.2. The van der Waals surface area contributed by atoms with E-state index in [9.17, 15) is 23.1 Å². The number of likely N-dealkylation sites (tertiary alicyclic amines) is 1. The van der Waals surface area contributed by atoms with Crippen LogP contribution in [0.5, 0.6) is 0 Å². The fourth-order valence-corrected chi connectivity index (χ4v) is 5.81. The summed E-state index contributed by atoms with van der Waals surface area (Å²) in [6.45, 7) is 4.91. The largest absolute Gasteiger partial charge is 0.478 e. The lowest BCUT2D eigenvalue weighted by Gasteiger charge is -2.40. The molecule has 3 aromatic rings. The number of fused-ring (bicyclic) bond motifs is 1. The molecule has 6 nitrogen and oxygen atoms in total. The first-order valence-electron chi connectivity index (χ1n) is 12.4. The van der Waals surface area contributed by atoms with Gasteiger partial charge in [-0.1, -0.05) is 29.3 Å². The molecular weight excluding hydrogens is 542 g/mol. The summed E-state index contributed by atoms with van der Waals surface area (Å²) < 4.78 is 46.5. The van der Waals surface area contributed by atoms with Gasteiger partial charge in [-0.2, -0.15) is 13.2 Å². The summed E-state index contributed by atoms with van der Waals surface area (Å²) in [5.74, 6) is -1.19. The molecule has 2 aliphatic heterocycles. The number of piperidine rings is 1. The molecule has 5 rings (SSSR count). The van der Waals surface area contributed by atoms with Gasteiger partial charge in [0.25, 0.3) is 0 Å². The molecule has 0 atom stereocenters. The lowest BCUT2D eigenvalue weighted by atomic mass is 9.94. The van der Waals surface area contributed by atoms with Crippen LogP contribution >= 0.6 is 23.2 Å². The van der Waals surface area contributed by atoms with E-state index in [1.54, 1.807) is 12.1 Å². The number of aromatic nitrogens is 1. The molecule has 0 spiro atoms. The Morgan fingerprint density at radius 3 is 2.42 bits per heavy atom. The van der Waals surface area contributed by atoms with E-state index in [2.05, 4.69) is 14.8 Å². The molecule has 0 unspecified atom stereocenters. The van der Waals surface area contributed by atoms with E-state index in [-0.39, 0.29) is 23.4 Å². The number of ether oxygens (including phenoxy) is 1. The van der Waals surface area contributed by atoms with Gasteiger partial charge in [-0.25, -0.2) is 9.78 Å². The number of carbonyl (C=O) groups is 1. The number of morpholine rings is 1. The maximum absolute atomic E-state index is 13.7. The average Bonchev–Trinajstić information content (AvgIpc) is 2.89. The monoisotopic (exact) mass is 567 g/mol. The molecular formula is C27H26Cl2F3N3O3. The molecule has 1 N–H and O–H groups in total. The molecule has 3 heterocycles. The molecule has 0 radical (unpaired) electrons. The maximum atomic E-state index is 13.7. The van der Waals surface area contributed by atoms with Crippen molar-refractivity contribution in [1.29, 1.82) is 0 Å². The van der Waals surface area contributed by atoms with Gasteiger partial charge in [-0.3, -0.25) is 9.80 Å². The van der Waals surface area contributed by atoms with E-state index < -0.39 is 22.7 Å². The SMILES string of the molecule is O=C(O)c1c(CN2CCC(N3CCOCC3)CC2)c(-c2ccc(Cl)c(C(F)(F)F)c2)nc2ccc(Cl)cc12. The van der Waals surface area contributed by atoms with Crippen molar-refractivity contribution in [3.05, 3.63) is 63.1 Å². The molecule has 38 heavy (non-hydrogen) atoms. The van der Waals surface area contributed by atoms with Gasteiger partial charge in [0, 0.05) is 47.2 Å². The first-order valence-corrected chi connectivity index (χ1v) is 13.1. The predicted octanol–water partition coefficient (Wildman–Crippen LogP) is 6.22. The Labute approximate surface area is 227 Å². The number of carboxylic acids is 1. The molecule has 202 valence electrons. The molecule has 2 aliphatic rings. The first-order chi connectivity index (χ1) is 18.1. The zero-order valence-corrected chi connectivity index (χ0v) is 21.9. The van der Waals surface area contributed by atoms with Crippen LogP contribution in [-0.2, 0) is 17.5 Å². The van der Waals surface area contributed by atoms with Gasteiger partial charge in [-0.15, -0.1) is 0 Å². The van der Waals surface area contributed by atoms with Crippen LogP contribution in [0.3, 0.4) is 0 Å². The Hall–Kier alpha value is -2.43. The lowest BCUT2D eigenvalue weighted by molar-refractivity contribution is -0.137. The van der Waals surface area contributed by atoms with Crippen LogP contribution in [0, 0.1) is 0 Å². The van der Waals surface area contributed by atoms with Gasteiger partial charge in [0.15, 0.2) is 0 Å². The summed E-state index contributed by atoms with van der Waals surface area (Å²) in [6.07, 6.45) is -2.86. The molecule has 0 aliphatic carbocycles. The van der Waals surface area contributed by atoms with Crippen molar-refractivity contribution in [2.45, 2.75) is 31.6 Å². The zero-order chi connectivity index (χ0) is 27.0. The van der Waals surface area contributed by atoms with Gasteiger partial charge < -0.3 is 9.84 Å². The van der Waals surface area contributed by atoms with E-state index in [0.717, 1.165) is 58.3 Å². The number of carboxylic acid groups (broad SMARTS) is 1. The third-order valence-corrected chi connectivity index (χ3v) is 7.87. The van der Waals surface area contributed by atoms with Crippen LogP contribution in [-0.4, -0.2) is 71.3 Å². The highest BCUT2D eigenvalue weighted by Crippen LogP contribution is 2.39. The van der Waals surface area contributed by atoms with Crippen LogP contribution < -0.4 is 0 Å². The van der Waals surface area contributed by atoms with E-state index in [4.69, 9.17) is 27.9 Å². The Morgan fingerprint density at radius 1 is 1.05 bits per heavy atom. The first kappa shape index (κ1) is 27.1. The number of alkyl halides is 3. The fraction of sp³-hybridized carbons (Fsp3) is 0.407. The number of hydrogen-bond donors (Lipinski definition) is 1. The summed E-state index contributed by atoms with van der Waals surface area (Å²) in [6, 6.07) is 8.66. The van der Waals surface area contributed by atoms with Gasteiger partial charge in [0.05, 0.1) is 40.6 Å². The Kier molecular flexibility index (Phi) is 7.84. The van der Waals surface area contributed by atoms with Crippen molar-refractivity contribution in [2.24, 2.45) is 0 Å². The average molecular weight is 568 g/mol. The van der Waals surface area contributed by atoms with E-state index in [1.807, 2.05) is 0 Å². The number of aromatic carboxylic acids is 1. The number of benzene rings is 2. The fourth-order valence-electron chi connectivity index (χ4n) is 5.41. The van der Waals surface area contributed by atoms with Crippen LogP contribution in [0.25, 0.3) is 22.2 Å².